The van der Waals surface area contributed by atoms with Crippen LogP contribution >= 0.6 is 0 Å². The van der Waals surface area contributed by atoms with Gasteiger partial charge >= 0.3 is 0 Å². The summed E-state index contributed by atoms with van der Waals surface area (Å²) in [6, 6.07) is 0. The molecule has 0 radical (unpaired) electrons. The van der Waals surface area contributed by atoms with Gasteiger partial charge in [0.1, 0.15) is 0 Å². The van der Waals surface area contributed by atoms with Gasteiger partial charge in [-0.15, -0.1) is 0 Å². The Kier molecular flexibility index (Phi) is 1.71. The third-order valence-corrected chi connectivity index (χ3v) is 2.11. The monoisotopic (exact) mass is 141 g/mol. The number of amides is 1. The normalized spacial score (nSPS) is 31.5. The highest BCUT2D eigenvalue weighted by molar-refractivity contribution is 5.79. The molecule has 2 nitrogen and oxygen atoms in total. The van der Waals surface area contributed by atoms with Crippen LogP contribution in [0.15, 0.2) is 0 Å². The second kappa shape index (κ2) is 2.26. The summed E-state index contributed by atoms with van der Waals surface area (Å²) in [4.78, 5) is 11.1. The molecule has 0 saturated carbocycles. The molecular formula is C8H15NO. The van der Waals surface area contributed by atoms with E-state index < -0.39 is 0 Å². The third-order valence-electron chi connectivity index (χ3n) is 2.11. The van der Waals surface area contributed by atoms with E-state index in [9.17, 15) is 4.79 Å². The van der Waals surface area contributed by atoms with Crippen LogP contribution in [0.3, 0.4) is 0 Å². The predicted molar refractivity (Wildman–Crippen MR) is 40.6 cm³/mol. The minimum absolute atomic E-state index is 0.0313. The Labute approximate surface area is 62.0 Å². The fourth-order valence-electron chi connectivity index (χ4n) is 1.23. The highest BCUT2D eigenvalue weighted by Gasteiger charge is 2.29. The average Bonchev–Trinajstić information content (AvgIpc) is 1.79. The number of hydrogen-bond donors (Lipinski definition) is 1. The van der Waals surface area contributed by atoms with E-state index in [1.54, 1.807) is 0 Å². The number of hydrogen-bond acceptors (Lipinski definition) is 1. The molecule has 1 unspecified atom stereocenters. The molecule has 0 aliphatic carbocycles. The molecule has 0 aromatic heterocycles. The molecule has 0 spiro atoms. The van der Waals surface area contributed by atoms with E-state index in [0.717, 1.165) is 12.8 Å². The molecule has 1 rings (SSSR count). The number of nitrogens with one attached hydrogen (secondary N) is 1. The van der Waals surface area contributed by atoms with Crippen LogP contribution < -0.4 is 5.32 Å². The highest BCUT2D eigenvalue weighted by atomic mass is 16.2. The summed E-state index contributed by atoms with van der Waals surface area (Å²) < 4.78 is 0. The Morgan fingerprint density at radius 1 is 1.60 bits per heavy atom. The van der Waals surface area contributed by atoms with Gasteiger partial charge in [0, 0.05) is 11.5 Å². The van der Waals surface area contributed by atoms with Gasteiger partial charge in [0.05, 0.1) is 0 Å². The van der Waals surface area contributed by atoms with Crippen molar-refractivity contribution >= 4 is 5.91 Å². The molecular weight excluding hydrogens is 126 g/mol. The van der Waals surface area contributed by atoms with E-state index in [2.05, 4.69) is 19.2 Å². The Balaban J connectivity index is 2.57. The Hall–Kier alpha value is -0.530. The molecule has 1 N–H and O–H groups in total. The van der Waals surface area contributed by atoms with E-state index >= 15 is 0 Å². The maximum Gasteiger partial charge on any atom is 0.223 e. The van der Waals surface area contributed by atoms with Gasteiger partial charge in [0.2, 0.25) is 5.91 Å². The van der Waals surface area contributed by atoms with Crippen LogP contribution in [0.4, 0.5) is 0 Å². The number of carbonyl (C=O) groups excluding carboxylic acids is 1. The minimum atomic E-state index is 0.0313. The van der Waals surface area contributed by atoms with Gasteiger partial charge in [-0.3, -0.25) is 4.79 Å². The standard InChI is InChI=1S/C8H15NO/c1-6-4-5-8(2,3)9-7(6)10/h6H,4-5H2,1-3H3,(H,9,10). The second-order valence-electron chi connectivity index (χ2n) is 3.81. The fraction of sp³-hybridized carbons (Fsp3) is 0.875. The molecule has 0 aromatic rings. The first-order chi connectivity index (χ1) is 4.51. The van der Waals surface area contributed by atoms with Crippen LogP contribution in [0.5, 0.6) is 0 Å². The number of carbonyl (C=O) groups is 1. The lowest BCUT2D eigenvalue weighted by atomic mass is 9.87. The topological polar surface area (TPSA) is 29.1 Å². The summed E-state index contributed by atoms with van der Waals surface area (Å²) in [5.74, 6) is 0.421. The van der Waals surface area contributed by atoms with Crippen LogP contribution in [0, 0.1) is 5.92 Å². The van der Waals surface area contributed by atoms with Gasteiger partial charge in [-0.1, -0.05) is 6.92 Å². The number of piperidine rings is 1. The molecule has 58 valence electrons. The summed E-state index contributed by atoms with van der Waals surface area (Å²) in [5.41, 5.74) is 0.0313. The lowest BCUT2D eigenvalue weighted by Crippen LogP contribution is -2.49. The molecule has 1 saturated heterocycles. The van der Waals surface area contributed by atoms with Gasteiger partial charge in [0.25, 0.3) is 0 Å². The van der Waals surface area contributed by atoms with Crippen molar-refractivity contribution in [2.75, 3.05) is 0 Å². The van der Waals surface area contributed by atoms with Crippen LogP contribution in [-0.2, 0) is 4.79 Å². The van der Waals surface area contributed by atoms with Crippen molar-refractivity contribution in [1.29, 1.82) is 0 Å². The first-order valence-corrected chi connectivity index (χ1v) is 3.83. The molecule has 1 fully saturated rings. The Morgan fingerprint density at radius 2 is 2.20 bits per heavy atom. The summed E-state index contributed by atoms with van der Waals surface area (Å²) in [5, 5.41) is 2.97. The minimum Gasteiger partial charge on any atom is -0.351 e. The SMILES string of the molecule is CC1CCC(C)(C)NC1=O. The van der Waals surface area contributed by atoms with Gasteiger partial charge in [-0.05, 0) is 26.7 Å². The smallest absolute Gasteiger partial charge is 0.223 e. The zero-order valence-corrected chi connectivity index (χ0v) is 6.90. The summed E-state index contributed by atoms with van der Waals surface area (Å²) >= 11 is 0. The zero-order valence-electron chi connectivity index (χ0n) is 6.90. The van der Waals surface area contributed by atoms with Crippen molar-refractivity contribution in [3.63, 3.8) is 0 Å². The quantitative estimate of drug-likeness (QED) is 0.541. The van der Waals surface area contributed by atoms with E-state index in [1.807, 2.05) is 6.92 Å². The summed E-state index contributed by atoms with van der Waals surface area (Å²) in [6.07, 6.45) is 2.12. The molecule has 1 aliphatic heterocycles. The zero-order chi connectivity index (χ0) is 7.78. The molecule has 0 bridgehead atoms. The molecule has 2 heteroatoms. The average molecular weight is 141 g/mol. The first-order valence-electron chi connectivity index (χ1n) is 3.83. The Bertz CT molecular complexity index is 151. The van der Waals surface area contributed by atoms with E-state index in [4.69, 9.17) is 0 Å². The van der Waals surface area contributed by atoms with Crippen LogP contribution in [0.1, 0.15) is 33.6 Å². The van der Waals surface area contributed by atoms with Gasteiger partial charge in [0.15, 0.2) is 0 Å². The van der Waals surface area contributed by atoms with Crippen LogP contribution in [-0.4, -0.2) is 11.4 Å². The van der Waals surface area contributed by atoms with Crippen molar-refractivity contribution in [2.45, 2.75) is 39.2 Å². The number of rotatable bonds is 0. The van der Waals surface area contributed by atoms with E-state index in [-0.39, 0.29) is 17.4 Å². The van der Waals surface area contributed by atoms with Crippen molar-refractivity contribution in [3.05, 3.63) is 0 Å². The molecule has 1 heterocycles. The lowest BCUT2D eigenvalue weighted by molar-refractivity contribution is -0.128. The molecule has 0 aromatic carbocycles. The molecule has 1 atom stereocenters. The lowest BCUT2D eigenvalue weighted by Gasteiger charge is -2.33. The van der Waals surface area contributed by atoms with Crippen molar-refractivity contribution < 1.29 is 4.79 Å². The van der Waals surface area contributed by atoms with Crippen LogP contribution in [0.25, 0.3) is 0 Å². The highest BCUT2D eigenvalue weighted by Crippen LogP contribution is 2.21. The van der Waals surface area contributed by atoms with Gasteiger partial charge in [-0.25, -0.2) is 0 Å². The summed E-state index contributed by atoms with van der Waals surface area (Å²) in [6.45, 7) is 6.11. The third kappa shape index (κ3) is 1.49. The second-order valence-corrected chi connectivity index (χ2v) is 3.81. The summed E-state index contributed by atoms with van der Waals surface area (Å²) in [7, 11) is 0. The maximum atomic E-state index is 11.1. The van der Waals surface area contributed by atoms with E-state index in [0.29, 0.717) is 0 Å². The molecule has 1 amide bonds. The van der Waals surface area contributed by atoms with Crippen LogP contribution in [0.2, 0.25) is 0 Å². The van der Waals surface area contributed by atoms with Crippen molar-refractivity contribution in [1.82, 2.24) is 5.32 Å². The maximum absolute atomic E-state index is 11.1. The van der Waals surface area contributed by atoms with Crippen molar-refractivity contribution in [2.24, 2.45) is 5.92 Å². The molecule has 10 heavy (non-hydrogen) atoms. The predicted octanol–water partition coefficient (Wildman–Crippen LogP) is 1.31. The Morgan fingerprint density at radius 3 is 2.60 bits per heavy atom. The largest absolute Gasteiger partial charge is 0.351 e. The van der Waals surface area contributed by atoms with Crippen molar-refractivity contribution in [3.8, 4) is 0 Å². The van der Waals surface area contributed by atoms with E-state index in [1.165, 1.54) is 0 Å². The molecule has 1 aliphatic rings. The van der Waals surface area contributed by atoms with Gasteiger partial charge < -0.3 is 5.32 Å². The van der Waals surface area contributed by atoms with Gasteiger partial charge in [-0.2, -0.15) is 0 Å². The fourth-order valence-corrected chi connectivity index (χ4v) is 1.23. The first kappa shape index (κ1) is 7.58.